The van der Waals surface area contributed by atoms with Crippen molar-refractivity contribution in [1.29, 1.82) is 0 Å². The van der Waals surface area contributed by atoms with E-state index in [4.69, 9.17) is 4.84 Å². The third kappa shape index (κ3) is 1.69. The van der Waals surface area contributed by atoms with Crippen LogP contribution < -0.4 is 5.32 Å². The predicted molar refractivity (Wildman–Crippen MR) is 61.1 cm³/mol. The normalized spacial score (nSPS) is 28.9. The lowest BCUT2D eigenvalue weighted by Crippen LogP contribution is -2.48. The average Bonchev–Trinajstić information content (AvgIpc) is 2.75. The fourth-order valence-electron chi connectivity index (χ4n) is 2.35. The topological polar surface area (TPSA) is 46.5 Å². The van der Waals surface area contributed by atoms with Crippen molar-refractivity contribution in [1.82, 2.24) is 10.3 Å². The van der Waals surface area contributed by atoms with E-state index in [-0.39, 0.29) is 5.72 Å². The molecule has 0 amide bonds. The number of aromatic nitrogens is 1. The molecule has 3 heterocycles. The van der Waals surface area contributed by atoms with Crippen LogP contribution in [0.5, 0.6) is 0 Å². The fraction of sp³-hybridized carbons (Fsp3) is 0.500. The second-order valence-corrected chi connectivity index (χ2v) is 4.42. The van der Waals surface area contributed by atoms with Crippen molar-refractivity contribution in [2.24, 2.45) is 5.16 Å². The number of nitrogens with one attached hydrogen (secondary N) is 1. The molecule has 2 aliphatic heterocycles. The molecule has 0 aliphatic carbocycles. The van der Waals surface area contributed by atoms with E-state index in [0.717, 1.165) is 30.7 Å². The zero-order chi connectivity index (χ0) is 10.8. The molecule has 1 spiro atoms. The van der Waals surface area contributed by atoms with Gasteiger partial charge in [0.15, 0.2) is 5.72 Å². The van der Waals surface area contributed by atoms with E-state index in [0.29, 0.717) is 0 Å². The van der Waals surface area contributed by atoms with Gasteiger partial charge in [-0.15, -0.1) is 0 Å². The van der Waals surface area contributed by atoms with Gasteiger partial charge in [0, 0.05) is 24.4 Å². The summed E-state index contributed by atoms with van der Waals surface area (Å²) in [5.41, 5.74) is 1.91. The molecule has 1 fully saturated rings. The summed E-state index contributed by atoms with van der Waals surface area (Å²) in [5, 5.41) is 7.65. The van der Waals surface area contributed by atoms with Crippen LogP contribution in [0.25, 0.3) is 0 Å². The van der Waals surface area contributed by atoms with Gasteiger partial charge in [0.25, 0.3) is 0 Å². The van der Waals surface area contributed by atoms with E-state index < -0.39 is 0 Å². The highest BCUT2D eigenvalue weighted by Crippen LogP contribution is 2.31. The number of nitrogens with zero attached hydrogens (tertiary/aromatic N) is 2. The van der Waals surface area contributed by atoms with E-state index in [1.165, 1.54) is 12.8 Å². The summed E-state index contributed by atoms with van der Waals surface area (Å²) in [6.07, 6.45) is 7.93. The summed E-state index contributed by atoms with van der Waals surface area (Å²) in [6.45, 7) is 1.03. The van der Waals surface area contributed by atoms with Crippen molar-refractivity contribution in [3.63, 3.8) is 0 Å². The van der Waals surface area contributed by atoms with Crippen LogP contribution in [0.2, 0.25) is 0 Å². The Morgan fingerprint density at radius 2 is 2.12 bits per heavy atom. The summed E-state index contributed by atoms with van der Waals surface area (Å²) in [5.74, 6) is 0. The Bertz CT molecular complexity index is 396. The molecule has 84 valence electrons. The van der Waals surface area contributed by atoms with Crippen molar-refractivity contribution in [2.75, 3.05) is 6.54 Å². The van der Waals surface area contributed by atoms with Crippen molar-refractivity contribution in [3.8, 4) is 0 Å². The molecule has 4 heteroatoms. The van der Waals surface area contributed by atoms with E-state index >= 15 is 0 Å². The Labute approximate surface area is 94.7 Å². The van der Waals surface area contributed by atoms with Crippen LogP contribution in [0.1, 0.15) is 31.2 Å². The van der Waals surface area contributed by atoms with E-state index in [9.17, 15) is 0 Å². The lowest BCUT2D eigenvalue weighted by atomic mass is 9.94. The van der Waals surface area contributed by atoms with Crippen molar-refractivity contribution in [3.05, 3.63) is 30.1 Å². The van der Waals surface area contributed by atoms with Gasteiger partial charge in [0.1, 0.15) is 0 Å². The molecule has 3 rings (SSSR count). The number of oxime groups is 1. The summed E-state index contributed by atoms with van der Waals surface area (Å²) in [7, 11) is 0. The van der Waals surface area contributed by atoms with Gasteiger partial charge in [-0.3, -0.25) is 10.3 Å². The maximum absolute atomic E-state index is 5.60. The Morgan fingerprint density at radius 1 is 1.25 bits per heavy atom. The maximum Gasteiger partial charge on any atom is 0.194 e. The van der Waals surface area contributed by atoms with Gasteiger partial charge < -0.3 is 4.84 Å². The summed E-state index contributed by atoms with van der Waals surface area (Å²) >= 11 is 0. The average molecular weight is 217 g/mol. The molecule has 1 unspecified atom stereocenters. The molecule has 0 radical (unpaired) electrons. The lowest BCUT2D eigenvalue weighted by Gasteiger charge is -2.31. The van der Waals surface area contributed by atoms with Crippen LogP contribution in [0, 0.1) is 0 Å². The number of piperidine rings is 1. The highest BCUT2D eigenvalue weighted by molar-refractivity contribution is 6.01. The maximum atomic E-state index is 5.60. The monoisotopic (exact) mass is 217 g/mol. The van der Waals surface area contributed by atoms with Crippen LogP contribution in [-0.4, -0.2) is 23.0 Å². The van der Waals surface area contributed by atoms with E-state index in [2.05, 4.69) is 15.5 Å². The summed E-state index contributed by atoms with van der Waals surface area (Å²) < 4.78 is 0. The second-order valence-electron chi connectivity index (χ2n) is 4.42. The molecule has 2 aliphatic rings. The Hall–Kier alpha value is -1.42. The lowest BCUT2D eigenvalue weighted by molar-refractivity contribution is -0.0635. The van der Waals surface area contributed by atoms with Crippen LogP contribution in [0.4, 0.5) is 0 Å². The first-order valence-corrected chi connectivity index (χ1v) is 5.78. The first kappa shape index (κ1) is 9.78. The molecule has 0 bridgehead atoms. The minimum atomic E-state index is -0.225. The van der Waals surface area contributed by atoms with Gasteiger partial charge in [-0.05, 0) is 31.5 Å². The molecule has 4 nitrogen and oxygen atoms in total. The quantitative estimate of drug-likeness (QED) is 0.778. The molecular formula is C12H15N3O. The summed E-state index contributed by atoms with van der Waals surface area (Å²) in [6, 6.07) is 3.95. The summed E-state index contributed by atoms with van der Waals surface area (Å²) in [4.78, 5) is 9.61. The molecule has 16 heavy (non-hydrogen) atoms. The molecule has 0 saturated carbocycles. The molecule has 1 aromatic heterocycles. The van der Waals surface area contributed by atoms with Crippen LogP contribution in [-0.2, 0) is 4.84 Å². The molecule has 1 atom stereocenters. The smallest absolute Gasteiger partial charge is 0.194 e. The predicted octanol–water partition coefficient (Wildman–Crippen LogP) is 1.68. The van der Waals surface area contributed by atoms with Gasteiger partial charge in [-0.2, -0.15) is 0 Å². The Kier molecular flexibility index (Phi) is 2.36. The zero-order valence-electron chi connectivity index (χ0n) is 9.15. The van der Waals surface area contributed by atoms with Crippen molar-refractivity contribution in [2.45, 2.75) is 31.4 Å². The number of pyridine rings is 1. The Balaban J connectivity index is 1.77. The first-order chi connectivity index (χ1) is 7.88. The van der Waals surface area contributed by atoms with Crippen molar-refractivity contribution >= 4 is 5.71 Å². The van der Waals surface area contributed by atoms with Gasteiger partial charge in [-0.1, -0.05) is 5.16 Å². The van der Waals surface area contributed by atoms with Gasteiger partial charge in [0.2, 0.25) is 0 Å². The number of rotatable bonds is 1. The molecular weight excluding hydrogens is 202 g/mol. The minimum absolute atomic E-state index is 0.225. The number of hydrogen-bond donors (Lipinski definition) is 1. The molecule has 1 saturated heterocycles. The highest BCUT2D eigenvalue weighted by Gasteiger charge is 2.40. The fourth-order valence-corrected chi connectivity index (χ4v) is 2.35. The molecule has 1 aromatic rings. The van der Waals surface area contributed by atoms with Crippen LogP contribution in [0.3, 0.4) is 0 Å². The number of hydrogen-bond acceptors (Lipinski definition) is 4. The van der Waals surface area contributed by atoms with Crippen molar-refractivity contribution < 1.29 is 4.84 Å². The highest BCUT2D eigenvalue weighted by atomic mass is 16.7. The minimum Gasteiger partial charge on any atom is -0.373 e. The first-order valence-electron chi connectivity index (χ1n) is 5.78. The van der Waals surface area contributed by atoms with E-state index in [1.807, 2.05) is 12.1 Å². The second kappa shape index (κ2) is 3.87. The third-order valence-corrected chi connectivity index (χ3v) is 3.25. The van der Waals surface area contributed by atoms with Crippen LogP contribution >= 0.6 is 0 Å². The SMILES string of the molecule is c1cc(C2=NOC3(CCCCN3)C2)ccn1. The van der Waals surface area contributed by atoms with Gasteiger partial charge >= 0.3 is 0 Å². The molecule has 0 aromatic carbocycles. The largest absolute Gasteiger partial charge is 0.373 e. The van der Waals surface area contributed by atoms with Crippen LogP contribution in [0.15, 0.2) is 29.7 Å². The zero-order valence-corrected chi connectivity index (χ0v) is 9.15. The standard InChI is InChI=1S/C12H15N3O/c1-2-6-14-12(5-1)9-11(15-16-12)10-3-7-13-8-4-10/h3-4,7-8,14H,1-2,5-6,9H2. The Morgan fingerprint density at radius 3 is 2.88 bits per heavy atom. The van der Waals surface area contributed by atoms with Gasteiger partial charge in [0.05, 0.1) is 12.1 Å². The van der Waals surface area contributed by atoms with Gasteiger partial charge in [-0.25, -0.2) is 0 Å². The van der Waals surface area contributed by atoms with E-state index in [1.54, 1.807) is 12.4 Å². The third-order valence-electron chi connectivity index (χ3n) is 3.25. The molecule has 1 N–H and O–H groups in total.